The zero-order valence-electron chi connectivity index (χ0n) is 10.9. The highest BCUT2D eigenvalue weighted by atomic mass is 15.1. The SMILES string of the molecule is C[C@@H](NCC1CCCN(C)C1)c1cccnc1. The van der Waals surface area contributed by atoms with Crippen LogP contribution in [0.1, 0.15) is 31.4 Å². The third-order valence-corrected chi connectivity index (χ3v) is 3.62. The van der Waals surface area contributed by atoms with Gasteiger partial charge < -0.3 is 10.2 Å². The van der Waals surface area contributed by atoms with Crippen molar-refractivity contribution >= 4 is 0 Å². The normalized spacial score (nSPS) is 23.5. The van der Waals surface area contributed by atoms with Crippen LogP contribution in [0.25, 0.3) is 0 Å². The van der Waals surface area contributed by atoms with Gasteiger partial charge in [-0.3, -0.25) is 4.98 Å². The highest BCUT2D eigenvalue weighted by Crippen LogP contribution is 2.16. The average Bonchev–Trinajstić information content (AvgIpc) is 2.37. The van der Waals surface area contributed by atoms with Crippen LogP contribution in [0.3, 0.4) is 0 Å². The van der Waals surface area contributed by atoms with Crippen molar-refractivity contribution in [2.24, 2.45) is 5.92 Å². The van der Waals surface area contributed by atoms with Crippen molar-refractivity contribution in [2.45, 2.75) is 25.8 Å². The number of nitrogens with one attached hydrogen (secondary N) is 1. The van der Waals surface area contributed by atoms with E-state index in [1.807, 2.05) is 18.5 Å². The molecule has 94 valence electrons. The van der Waals surface area contributed by atoms with Crippen LogP contribution < -0.4 is 5.32 Å². The van der Waals surface area contributed by atoms with E-state index in [0.717, 1.165) is 12.5 Å². The van der Waals surface area contributed by atoms with E-state index in [2.05, 4.69) is 35.2 Å². The maximum Gasteiger partial charge on any atom is 0.0315 e. The largest absolute Gasteiger partial charge is 0.310 e. The summed E-state index contributed by atoms with van der Waals surface area (Å²) >= 11 is 0. The van der Waals surface area contributed by atoms with Crippen LogP contribution in [0.5, 0.6) is 0 Å². The van der Waals surface area contributed by atoms with Crippen LogP contribution in [0.15, 0.2) is 24.5 Å². The fourth-order valence-corrected chi connectivity index (χ4v) is 2.53. The quantitative estimate of drug-likeness (QED) is 0.863. The Labute approximate surface area is 104 Å². The summed E-state index contributed by atoms with van der Waals surface area (Å²) in [4.78, 5) is 6.60. The Morgan fingerprint density at radius 2 is 2.47 bits per heavy atom. The van der Waals surface area contributed by atoms with Crippen molar-refractivity contribution in [2.75, 3.05) is 26.7 Å². The fourth-order valence-electron chi connectivity index (χ4n) is 2.53. The second-order valence-corrected chi connectivity index (χ2v) is 5.19. The number of pyridine rings is 1. The van der Waals surface area contributed by atoms with Gasteiger partial charge in [0.15, 0.2) is 0 Å². The molecule has 2 atom stereocenters. The predicted octanol–water partition coefficient (Wildman–Crippen LogP) is 2.07. The molecule has 1 aromatic rings. The van der Waals surface area contributed by atoms with Gasteiger partial charge in [0.05, 0.1) is 0 Å². The zero-order valence-corrected chi connectivity index (χ0v) is 10.9. The van der Waals surface area contributed by atoms with E-state index in [1.54, 1.807) is 0 Å². The van der Waals surface area contributed by atoms with Gasteiger partial charge in [-0.05, 0) is 57.5 Å². The molecule has 1 N–H and O–H groups in total. The molecular formula is C14H23N3. The van der Waals surface area contributed by atoms with Gasteiger partial charge in [0.1, 0.15) is 0 Å². The van der Waals surface area contributed by atoms with Crippen LogP contribution in [-0.4, -0.2) is 36.6 Å². The molecule has 1 unspecified atom stereocenters. The lowest BCUT2D eigenvalue weighted by atomic mass is 9.98. The number of nitrogens with zero attached hydrogens (tertiary/aromatic N) is 2. The standard InChI is InChI=1S/C14H23N3/c1-12(14-6-3-7-15-10-14)16-9-13-5-4-8-17(2)11-13/h3,6-7,10,12-13,16H,4-5,8-9,11H2,1-2H3/t12-,13?/m1/s1. The number of piperidine rings is 1. The van der Waals surface area contributed by atoms with Crippen molar-refractivity contribution in [1.82, 2.24) is 15.2 Å². The summed E-state index contributed by atoms with van der Waals surface area (Å²) in [6.45, 7) is 5.81. The van der Waals surface area contributed by atoms with Crippen LogP contribution in [0.4, 0.5) is 0 Å². The lowest BCUT2D eigenvalue weighted by Crippen LogP contribution is -2.37. The minimum absolute atomic E-state index is 0.399. The molecule has 0 bridgehead atoms. The molecule has 0 amide bonds. The monoisotopic (exact) mass is 233 g/mol. The Kier molecular flexibility index (Phi) is 4.51. The van der Waals surface area contributed by atoms with E-state index < -0.39 is 0 Å². The highest BCUT2D eigenvalue weighted by Gasteiger charge is 2.17. The maximum absolute atomic E-state index is 4.16. The first-order chi connectivity index (χ1) is 8.25. The number of hydrogen-bond acceptors (Lipinski definition) is 3. The van der Waals surface area contributed by atoms with Gasteiger partial charge in [0, 0.05) is 25.0 Å². The van der Waals surface area contributed by atoms with Crippen LogP contribution in [0.2, 0.25) is 0 Å². The molecule has 0 spiro atoms. The summed E-state index contributed by atoms with van der Waals surface area (Å²) in [7, 11) is 2.22. The summed E-state index contributed by atoms with van der Waals surface area (Å²) in [5, 5.41) is 3.62. The summed E-state index contributed by atoms with van der Waals surface area (Å²) in [6, 6.07) is 4.54. The van der Waals surface area contributed by atoms with Crippen LogP contribution in [-0.2, 0) is 0 Å². The van der Waals surface area contributed by atoms with Crippen molar-refractivity contribution in [3.8, 4) is 0 Å². The molecule has 1 aliphatic heterocycles. The molecule has 0 radical (unpaired) electrons. The van der Waals surface area contributed by atoms with Gasteiger partial charge in [-0.1, -0.05) is 6.07 Å². The Bertz CT molecular complexity index is 325. The molecule has 2 rings (SSSR count). The number of likely N-dealkylation sites (tertiary alicyclic amines) is 1. The summed E-state index contributed by atoms with van der Waals surface area (Å²) in [5.74, 6) is 0.799. The van der Waals surface area contributed by atoms with E-state index >= 15 is 0 Å². The topological polar surface area (TPSA) is 28.2 Å². The molecule has 1 aromatic heterocycles. The van der Waals surface area contributed by atoms with Crippen LogP contribution >= 0.6 is 0 Å². The Balaban J connectivity index is 1.78. The van der Waals surface area contributed by atoms with Crippen molar-refractivity contribution < 1.29 is 0 Å². The molecule has 2 heterocycles. The first-order valence-corrected chi connectivity index (χ1v) is 6.57. The Morgan fingerprint density at radius 3 is 3.18 bits per heavy atom. The molecule has 0 aliphatic carbocycles. The maximum atomic E-state index is 4.16. The molecule has 0 aromatic carbocycles. The third kappa shape index (κ3) is 3.79. The van der Waals surface area contributed by atoms with Gasteiger partial charge in [0.2, 0.25) is 0 Å². The van der Waals surface area contributed by atoms with E-state index in [9.17, 15) is 0 Å². The zero-order chi connectivity index (χ0) is 12.1. The fraction of sp³-hybridized carbons (Fsp3) is 0.643. The molecule has 1 fully saturated rings. The highest BCUT2D eigenvalue weighted by molar-refractivity contribution is 5.12. The van der Waals surface area contributed by atoms with Gasteiger partial charge in [0.25, 0.3) is 0 Å². The molecule has 0 saturated carbocycles. The lowest BCUT2D eigenvalue weighted by Gasteiger charge is -2.30. The first-order valence-electron chi connectivity index (χ1n) is 6.57. The first kappa shape index (κ1) is 12.5. The van der Waals surface area contributed by atoms with Crippen LogP contribution in [0, 0.1) is 5.92 Å². The van der Waals surface area contributed by atoms with E-state index in [-0.39, 0.29) is 0 Å². The van der Waals surface area contributed by atoms with Crippen molar-refractivity contribution in [1.29, 1.82) is 0 Å². The van der Waals surface area contributed by atoms with Gasteiger partial charge in [-0.25, -0.2) is 0 Å². The average molecular weight is 233 g/mol. The number of aromatic nitrogens is 1. The second-order valence-electron chi connectivity index (χ2n) is 5.19. The van der Waals surface area contributed by atoms with Gasteiger partial charge >= 0.3 is 0 Å². The second kappa shape index (κ2) is 6.12. The summed E-state index contributed by atoms with van der Waals surface area (Å²) in [6.07, 6.45) is 6.47. The van der Waals surface area contributed by atoms with E-state index in [0.29, 0.717) is 6.04 Å². The molecule has 3 heteroatoms. The predicted molar refractivity (Wildman–Crippen MR) is 70.9 cm³/mol. The molecule has 3 nitrogen and oxygen atoms in total. The Hall–Kier alpha value is -0.930. The molecule has 1 saturated heterocycles. The number of hydrogen-bond donors (Lipinski definition) is 1. The summed E-state index contributed by atoms with van der Waals surface area (Å²) in [5.41, 5.74) is 1.27. The summed E-state index contributed by atoms with van der Waals surface area (Å²) < 4.78 is 0. The van der Waals surface area contributed by atoms with Crippen molar-refractivity contribution in [3.05, 3.63) is 30.1 Å². The van der Waals surface area contributed by atoms with Gasteiger partial charge in [-0.2, -0.15) is 0 Å². The minimum Gasteiger partial charge on any atom is -0.310 e. The van der Waals surface area contributed by atoms with Gasteiger partial charge in [-0.15, -0.1) is 0 Å². The molecule has 1 aliphatic rings. The smallest absolute Gasteiger partial charge is 0.0315 e. The third-order valence-electron chi connectivity index (χ3n) is 3.62. The molecule has 17 heavy (non-hydrogen) atoms. The minimum atomic E-state index is 0.399. The lowest BCUT2D eigenvalue weighted by molar-refractivity contribution is 0.203. The van der Waals surface area contributed by atoms with Crippen molar-refractivity contribution in [3.63, 3.8) is 0 Å². The number of rotatable bonds is 4. The molecular weight excluding hydrogens is 210 g/mol. The van der Waals surface area contributed by atoms with E-state index in [4.69, 9.17) is 0 Å². The Morgan fingerprint density at radius 1 is 1.59 bits per heavy atom. The van der Waals surface area contributed by atoms with E-state index in [1.165, 1.54) is 31.5 Å².